The summed E-state index contributed by atoms with van der Waals surface area (Å²) in [5.74, 6) is 1.80. The quantitative estimate of drug-likeness (QED) is 0.170. The molecule has 56 heavy (non-hydrogen) atoms. The van der Waals surface area contributed by atoms with Crippen molar-refractivity contribution < 1.29 is 8.83 Å². The van der Waals surface area contributed by atoms with Crippen molar-refractivity contribution >= 4 is 76.2 Å². The summed E-state index contributed by atoms with van der Waals surface area (Å²) in [6.07, 6.45) is 0. The number of hydrogen-bond donors (Lipinski definition) is 0. The van der Waals surface area contributed by atoms with E-state index in [0.717, 1.165) is 77.1 Å². The standard InChI is InChI=1S/C51H29N3O2/c1-2-12-32(13-3-1)49-52-50(35-20-23-37-33(28-35)19-18-30-10-4-6-14-36(30)37)54-51(53-49)41-25-24-39(48-47(41)40-16-8-9-17-43(40)56-48)34-22-26-44-42(29-34)46-38-15-7-5-11-31(38)21-27-45(46)55-44/h1-29H. The van der Waals surface area contributed by atoms with Crippen LogP contribution < -0.4 is 0 Å². The first-order valence-corrected chi connectivity index (χ1v) is 18.8. The largest absolute Gasteiger partial charge is 0.456 e. The van der Waals surface area contributed by atoms with E-state index in [4.69, 9.17) is 23.8 Å². The van der Waals surface area contributed by atoms with E-state index in [0.29, 0.717) is 17.5 Å². The number of benzene rings is 9. The average molecular weight is 716 g/mol. The summed E-state index contributed by atoms with van der Waals surface area (Å²) in [4.78, 5) is 15.5. The average Bonchev–Trinajstić information content (AvgIpc) is 3.85. The van der Waals surface area contributed by atoms with E-state index in [2.05, 4.69) is 133 Å². The van der Waals surface area contributed by atoms with Gasteiger partial charge >= 0.3 is 0 Å². The van der Waals surface area contributed by atoms with E-state index in [9.17, 15) is 0 Å². The first-order chi connectivity index (χ1) is 27.7. The number of nitrogens with zero attached hydrogens (tertiary/aromatic N) is 3. The van der Waals surface area contributed by atoms with Gasteiger partial charge in [-0.25, -0.2) is 15.0 Å². The molecule has 3 aromatic heterocycles. The Labute approximate surface area is 320 Å². The van der Waals surface area contributed by atoms with Crippen LogP contribution in [0, 0.1) is 0 Å². The van der Waals surface area contributed by atoms with Gasteiger partial charge in [-0.15, -0.1) is 0 Å². The molecule has 0 radical (unpaired) electrons. The third-order valence-corrected chi connectivity index (χ3v) is 11.1. The normalized spacial score (nSPS) is 11.9. The summed E-state index contributed by atoms with van der Waals surface area (Å²) in [6, 6.07) is 61.0. The molecule has 5 nitrogen and oxygen atoms in total. The Hall–Kier alpha value is -7.63. The van der Waals surface area contributed by atoms with Gasteiger partial charge in [-0.1, -0.05) is 133 Å². The summed E-state index contributed by atoms with van der Waals surface area (Å²) < 4.78 is 13.1. The molecule has 3 heterocycles. The molecule has 0 aliphatic rings. The van der Waals surface area contributed by atoms with Crippen LogP contribution in [0.3, 0.4) is 0 Å². The summed E-state index contributed by atoms with van der Waals surface area (Å²) in [5.41, 5.74) is 8.05. The van der Waals surface area contributed by atoms with Crippen molar-refractivity contribution in [2.24, 2.45) is 0 Å². The molecule has 0 atom stereocenters. The van der Waals surface area contributed by atoms with Gasteiger partial charge in [0.15, 0.2) is 17.5 Å². The number of hydrogen-bond acceptors (Lipinski definition) is 5. The lowest BCUT2D eigenvalue weighted by molar-refractivity contribution is 0.668. The van der Waals surface area contributed by atoms with Crippen molar-refractivity contribution in [3.8, 4) is 45.3 Å². The van der Waals surface area contributed by atoms with Gasteiger partial charge in [0, 0.05) is 43.8 Å². The predicted molar refractivity (Wildman–Crippen MR) is 229 cm³/mol. The van der Waals surface area contributed by atoms with Gasteiger partial charge in [0.1, 0.15) is 22.3 Å². The maximum absolute atomic E-state index is 6.77. The van der Waals surface area contributed by atoms with Gasteiger partial charge in [0.05, 0.1) is 0 Å². The molecule has 12 aromatic rings. The van der Waals surface area contributed by atoms with Crippen molar-refractivity contribution in [2.75, 3.05) is 0 Å². The molecule has 12 rings (SSSR count). The van der Waals surface area contributed by atoms with Gasteiger partial charge in [0.2, 0.25) is 0 Å². The van der Waals surface area contributed by atoms with E-state index in [1.807, 2.05) is 42.5 Å². The molecule has 0 amide bonds. The van der Waals surface area contributed by atoms with Gasteiger partial charge < -0.3 is 8.83 Å². The molecule has 0 saturated heterocycles. The third-order valence-electron chi connectivity index (χ3n) is 11.1. The molecular weight excluding hydrogens is 687 g/mol. The van der Waals surface area contributed by atoms with E-state index in [1.54, 1.807) is 0 Å². The molecule has 0 aliphatic carbocycles. The molecule has 0 N–H and O–H groups in total. The van der Waals surface area contributed by atoms with Crippen LogP contribution in [0.5, 0.6) is 0 Å². The molecule has 0 aliphatic heterocycles. The Bertz CT molecular complexity index is 3550. The number of para-hydroxylation sites is 1. The monoisotopic (exact) mass is 715 g/mol. The minimum Gasteiger partial charge on any atom is -0.456 e. The topological polar surface area (TPSA) is 65.0 Å². The van der Waals surface area contributed by atoms with Crippen molar-refractivity contribution in [3.05, 3.63) is 176 Å². The highest BCUT2D eigenvalue weighted by Gasteiger charge is 2.22. The lowest BCUT2D eigenvalue weighted by Gasteiger charge is -2.11. The van der Waals surface area contributed by atoms with E-state index in [1.165, 1.54) is 26.9 Å². The lowest BCUT2D eigenvalue weighted by Crippen LogP contribution is -2.00. The van der Waals surface area contributed by atoms with Crippen molar-refractivity contribution in [2.45, 2.75) is 0 Å². The highest BCUT2D eigenvalue weighted by molar-refractivity contribution is 6.20. The van der Waals surface area contributed by atoms with Gasteiger partial charge in [-0.3, -0.25) is 0 Å². The molecule has 0 spiro atoms. The van der Waals surface area contributed by atoms with Crippen LogP contribution in [0.25, 0.3) is 121 Å². The summed E-state index contributed by atoms with van der Waals surface area (Å²) in [5, 5.41) is 11.3. The minimum absolute atomic E-state index is 0.582. The van der Waals surface area contributed by atoms with Gasteiger partial charge in [-0.05, 0) is 80.3 Å². The summed E-state index contributed by atoms with van der Waals surface area (Å²) in [7, 11) is 0. The van der Waals surface area contributed by atoms with E-state index in [-0.39, 0.29) is 0 Å². The number of aromatic nitrogens is 3. The highest BCUT2D eigenvalue weighted by Crippen LogP contribution is 2.43. The van der Waals surface area contributed by atoms with Crippen LogP contribution in [0.1, 0.15) is 0 Å². The van der Waals surface area contributed by atoms with Crippen molar-refractivity contribution in [3.63, 3.8) is 0 Å². The third kappa shape index (κ3) is 4.71. The van der Waals surface area contributed by atoms with Crippen LogP contribution in [-0.4, -0.2) is 15.0 Å². The zero-order valence-electron chi connectivity index (χ0n) is 29.9. The van der Waals surface area contributed by atoms with Crippen LogP contribution >= 0.6 is 0 Å². The van der Waals surface area contributed by atoms with Crippen LogP contribution in [0.4, 0.5) is 0 Å². The fraction of sp³-hybridized carbons (Fsp3) is 0. The van der Waals surface area contributed by atoms with E-state index >= 15 is 0 Å². The second-order valence-corrected chi connectivity index (χ2v) is 14.3. The Morgan fingerprint density at radius 3 is 1.79 bits per heavy atom. The molecule has 260 valence electrons. The Morgan fingerprint density at radius 1 is 0.304 bits per heavy atom. The Kier molecular flexibility index (Phi) is 6.56. The predicted octanol–water partition coefficient (Wildman–Crippen LogP) is 13.8. The van der Waals surface area contributed by atoms with Crippen molar-refractivity contribution in [1.82, 2.24) is 15.0 Å². The number of fused-ring (bicyclic) bond motifs is 11. The molecule has 0 bridgehead atoms. The molecule has 9 aromatic carbocycles. The second-order valence-electron chi connectivity index (χ2n) is 14.3. The number of rotatable bonds is 4. The van der Waals surface area contributed by atoms with Crippen LogP contribution in [-0.2, 0) is 0 Å². The zero-order chi connectivity index (χ0) is 36.7. The molecule has 5 heteroatoms. The van der Waals surface area contributed by atoms with E-state index < -0.39 is 0 Å². The van der Waals surface area contributed by atoms with Gasteiger partial charge in [-0.2, -0.15) is 0 Å². The molecule has 0 fully saturated rings. The maximum Gasteiger partial charge on any atom is 0.164 e. The Morgan fingerprint density at radius 2 is 0.911 bits per heavy atom. The molecule has 0 unspecified atom stereocenters. The lowest BCUT2D eigenvalue weighted by atomic mass is 9.96. The second kappa shape index (κ2) is 11.9. The first-order valence-electron chi connectivity index (χ1n) is 18.8. The Balaban J connectivity index is 1.08. The fourth-order valence-electron chi connectivity index (χ4n) is 8.45. The summed E-state index contributed by atoms with van der Waals surface area (Å²) >= 11 is 0. The first kappa shape index (κ1) is 30.8. The zero-order valence-corrected chi connectivity index (χ0v) is 29.9. The number of furan rings is 2. The molecule has 0 saturated carbocycles. The SMILES string of the molecule is c1ccc(-c2nc(-c3ccc4c(ccc5ccccc54)c3)nc(-c3ccc(-c4ccc5oc6ccc7ccccc7c6c5c4)c4oc5ccccc5c34)n2)cc1. The van der Waals surface area contributed by atoms with Crippen LogP contribution in [0.2, 0.25) is 0 Å². The molecular formula is C51H29N3O2. The summed E-state index contributed by atoms with van der Waals surface area (Å²) in [6.45, 7) is 0. The highest BCUT2D eigenvalue weighted by atomic mass is 16.3. The fourth-order valence-corrected chi connectivity index (χ4v) is 8.45. The smallest absolute Gasteiger partial charge is 0.164 e. The van der Waals surface area contributed by atoms with Crippen LogP contribution in [0.15, 0.2) is 185 Å². The maximum atomic E-state index is 6.77. The van der Waals surface area contributed by atoms with Gasteiger partial charge in [0.25, 0.3) is 0 Å². The van der Waals surface area contributed by atoms with Crippen molar-refractivity contribution in [1.29, 1.82) is 0 Å². The minimum atomic E-state index is 0.582.